The lowest BCUT2D eigenvalue weighted by Crippen LogP contribution is -2.34. The van der Waals surface area contributed by atoms with E-state index >= 15 is 0 Å². The predicted molar refractivity (Wildman–Crippen MR) is 83.6 cm³/mol. The molecule has 2 amide bonds. The molecule has 0 bridgehead atoms. The molecule has 0 spiro atoms. The number of amides is 2. The number of rotatable bonds is 6. The van der Waals surface area contributed by atoms with Crippen molar-refractivity contribution >= 4 is 6.03 Å². The van der Waals surface area contributed by atoms with E-state index < -0.39 is 0 Å². The second-order valence-electron chi connectivity index (χ2n) is 5.06. The minimum Gasteiger partial charge on any atom is -0.493 e. The number of benzene rings is 1. The molecule has 1 unspecified atom stereocenters. The molecule has 0 fully saturated rings. The number of carbonyl (C=O) groups excluding carboxylic acids is 1. The quantitative estimate of drug-likeness (QED) is 0.846. The highest BCUT2D eigenvalue weighted by Gasteiger charge is 2.12. The third-order valence-corrected chi connectivity index (χ3v) is 2.95. The Morgan fingerprint density at radius 2 is 1.81 bits per heavy atom. The topological polar surface area (TPSA) is 59.6 Å². The van der Waals surface area contributed by atoms with Gasteiger partial charge in [0, 0.05) is 6.20 Å². The second kappa shape index (κ2) is 8.19. The summed E-state index contributed by atoms with van der Waals surface area (Å²) < 4.78 is 10.5. The lowest BCUT2D eigenvalue weighted by molar-refractivity contribution is 0.241. The Morgan fingerprint density at radius 3 is 2.38 bits per heavy atom. The number of urea groups is 1. The van der Waals surface area contributed by atoms with E-state index in [1.54, 1.807) is 20.4 Å². The SMILES string of the molecule is COc1ccc(C(C)NC(=O)N/C=C/C(C)C)cc1OC. The van der Waals surface area contributed by atoms with E-state index in [4.69, 9.17) is 9.47 Å². The van der Waals surface area contributed by atoms with Crippen LogP contribution in [0.3, 0.4) is 0 Å². The van der Waals surface area contributed by atoms with Gasteiger partial charge in [0.25, 0.3) is 0 Å². The average Bonchev–Trinajstić information content (AvgIpc) is 2.45. The van der Waals surface area contributed by atoms with E-state index in [9.17, 15) is 4.79 Å². The molecule has 0 radical (unpaired) electrons. The fourth-order valence-corrected chi connectivity index (χ4v) is 1.76. The maximum absolute atomic E-state index is 11.8. The van der Waals surface area contributed by atoms with Crippen LogP contribution in [0.5, 0.6) is 11.5 Å². The summed E-state index contributed by atoms with van der Waals surface area (Å²) in [5.41, 5.74) is 0.940. The summed E-state index contributed by atoms with van der Waals surface area (Å²) in [5, 5.41) is 5.54. The summed E-state index contributed by atoms with van der Waals surface area (Å²) in [6.45, 7) is 6.00. The molecule has 0 saturated carbocycles. The van der Waals surface area contributed by atoms with Crippen LogP contribution < -0.4 is 20.1 Å². The van der Waals surface area contributed by atoms with E-state index in [1.807, 2.05) is 45.0 Å². The van der Waals surface area contributed by atoms with Crippen LogP contribution in [0.25, 0.3) is 0 Å². The van der Waals surface area contributed by atoms with Crippen molar-refractivity contribution in [2.24, 2.45) is 5.92 Å². The maximum Gasteiger partial charge on any atom is 0.319 e. The molecule has 0 heterocycles. The lowest BCUT2D eigenvalue weighted by Gasteiger charge is -2.16. The van der Waals surface area contributed by atoms with E-state index in [2.05, 4.69) is 10.6 Å². The fourth-order valence-electron chi connectivity index (χ4n) is 1.76. The number of carbonyl (C=O) groups is 1. The first-order valence-electron chi connectivity index (χ1n) is 6.93. The summed E-state index contributed by atoms with van der Waals surface area (Å²) >= 11 is 0. The molecule has 1 rings (SSSR count). The summed E-state index contributed by atoms with van der Waals surface area (Å²) in [5.74, 6) is 1.70. The van der Waals surface area contributed by atoms with Crippen molar-refractivity contribution in [1.82, 2.24) is 10.6 Å². The first-order valence-corrected chi connectivity index (χ1v) is 6.93. The van der Waals surface area contributed by atoms with Crippen LogP contribution in [-0.4, -0.2) is 20.3 Å². The standard InChI is InChI=1S/C16H24N2O3/c1-11(2)8-9-17-16(19)18-12(3)13-6-7-14(20-4)15(10-13)21-5/h6-12H,1-5H3,(H2,17,18,19)/b9-8+. The van der Waals surface area contributed by atoms with Crippen molar-refractivity contribution < 1.29 is 14.3 Å². The van der Waals surface area contributed by atoms with Crippen molar-refractivity contribution in [2.45, 2.75) is 26.8 Å². The van der Waals surface area contributed by atoms with Gasteiger partial charge in [-0.15, -0.1) is 0 Å². The first-order chi connectivity index (χ1) is 9.97. The van der Waals surface area contributed by atoms with Crippen LogP contribution in [0.1, 0.15) is 32.4 Å². The largest absolute Gasteiger partial charge is 0.493 e. The molecular weight excluding hydrogens is 268 g/mol. The molecule has 21 heavy (non-hydrogen) atoms. The monoisotopic (exact) mass is 292 g/mol. The lowest BCUT2D eigenvalue weighted by atomic mass is 10.1. The molecule has 1 atom stereocenters. The number of hydrogen-bond donors (Lipinski definition) is 2. The molecule has 0 aliphatic heterocycles. The molecule has 1 aromatic carbocycles. The third kappa shape index (κ3) is 5.38. The van der Waals surface area contributed by atoms with Crippen molar-refractivity contribution in [3.8, 4) is 11.5 Å². The number of methoxy groups -OCH3 is 2. The average molecular weight is 292 g/mol. The van der Waals surface area contributed by atoms with Gasteiger partial charge in [0.05, 0.1) is 20.3 Å². The molecular formula is C16H24N2O3. The number of ether oxygens (including phenoxy) is 2. The smallest absolute Gasteiger partial charge is 0.319 e. The number of allylic oxidation sites excluding steroid dienone is 1. The van der Waals surface area contributed by atoms with Gasteiger partial charge in [-0.05, 0) is 30.5 Å². The van der Waals surface area contributed by atoms with Crippen LogP contribution in [-0.2, 0) is 0 Å². The minimum absolute atomic E-state index is 0.141. The highest BCUT2D eigenvalue weighted by Crippen LogP contribution is 2.29. The third-order valence-electron chi connectivity index (χ3n) is 2.95. The van der Waals surface area contributed by atoms with Gasteiger partial charge >= 0.3 is 6.03 Å². The van der Waals surface area contributed by atoms with Crippen LogP contribution >= 0.6 is 0 Å². The summed E-state index contributed by atoms with van der Waals surface area (Å²) in [6, 6.07) is 5.19. The maximum atomic E-state index is 11.8. The van der Waals surface area contributed by atoms with Gasteiger partial charge in [-0.25, -0.2) is 4.79 Å². The molecule has 0 aliphatic rings. The number of nitrogens with one attached hydrogen (secondary N) is 2. The van der Waals surface area contributed by atoms with Gasteiger partial charge in [-0.3, -0.25) is 0 Å². The molecule has 5 nitrogen and oxygen atoms in total. The van der Waals surface area contributed by atoms with Crippen molar-refractivity contribution in [3.63, 3.8) is 0 Å². The Bertz CT molecular complexity index is 498. The van der Waals surface area contributed by atoms with E-state index in [1.165, 1.54) is 0 Å². The number of hydrogen-bond acceptors (Lipinski definition) is 3. The van der Waals surface area contributed by atoms with Crippen molar-refractivity contribution in [3.05, 3.63) is 36.0 Å². The van der Waals surface area contributed by atoms with E-state index in [0.717, 1.165) is 5.56 Å². The molecule has 0 aliphatic carbocycles. The molecule has 116 valence electrons. The highest BCUT2D eigenvalue weighted by molar-refractivity contribution is 5.75. The first kappa shape index (κ1) is 16.9. The summed E-state index contributed by atoms with van der Waals surface area (Å²) in [4.78, 5) is 11.8. The van der Waals surface area contributed by atoms with Gasteiger partial charge in [0.2, 0.25) is 0 Å². The van der Waals surface area contributed by atoms with Gasteiger partial charge in [-0.1, -0.05) is 26.0 Å². The highest BCUT2D eigenvalue weighted by atomic mass is 16.5. The van der Waals surface area contributed by atoms with Crippen LogP contribution in [0.15, 0.2) is 30.5 Å². The van der Waals surface area contributed by atoms with Crippen LogP contribution in [0.4, 0.5) is 4.79 Å². The molecule has 0 aromatic heterocycles. The summed E-state index contributed by atoms with van der Waals surface area (Å²) in [7, 11) is 3.18. The van der Waals surface area contributed by atoms with Crippen molar-refractivity contribution in [1.29, 1.82) is 0 Å². The molecule has 5 heteroatoms. The Balaban J connectivity index is 2.67. The zero-order valence-electron chi connectivity index (χ0n) is 13.3. The van der Waals surface area contributed by atoms with Crippen LogP contribution in [0.2, 0.25) is 0 Å². The summed E-state index contributed by atoms with van der Waals surface area (Å²) in [6.07, 6.45) is 3.57. The van der Waals surface area contributed by atoms with E-state index in [-0.39, 0.29) is 12.1 Å². The molecule has 1 aromatic rings. The van der Waals surface area contributed by atoms with Gasteiger partial charge in [-0.2, -0.15) is 0 Å². The van der Waals surface area contributed by atoms with Crippen molar-refractivity contribution in [2.75, 3.05) is 14.2 Å². The Kier molecular flexibility index (Phi) is 6.59. The molecule has 2 N–H and O–H groups in total. The molecule has 0 saturated heterocycles. The Labute approximate surface area is 126 Å². The van der Waals surface area contributed by atoms with Gasteiger partial charge < -0.3 is 20.1 Å². The van der Waals surface area contributed by atoms with E-state index in [0.29, 0.717) is 17.4 Å². The fraction of sp³-hybridized carbons (Fsp3) is 0.438. The Hall–Kier alpha value is -2.17. The normalized spacial score (nSPS) is 12.3. The predicted octanol–water partition coefficient (Wildman–Crippen LogP) is 3.23. The van der Waals surface area contributed by atoms with Gasteiger partial charge in [0.1, 0.15) is 0 Å². The Morgan fingerprint density at radius 1 is 1.14 bits per heavy atom. The van der Waals surface area contributed by atoms with Crippen LogP contribution in [0, 0.1) is 5.92 Å². The van der Waals surface area contributed by atoms with Gasteiger partial charge in [0.15, 0.2) is 11.5 Å². The zero-order chi connectivity index (χ0) is 15.8. The zero-order valence-corrected chi connectivity index (χ0v) is 13.3. The second-order valence-corrected chi connectivity index (χ2v) is 5.06. The minimum atomic E-state index is -0.241.